The molecule has 2 amide bonds. The Labute approximate surface area is 152 Å². The number of phenolic OH excluding ortho intramolecular Hbond substituents is 1. The zero-order valence-electron chi connectivity index (χ0n) is 14.6. The summed E-state index contributed by atoms with van der Waals surface area (Å²) >= 11 is 0. The van der Waals surface area contributed by atoms with Gasteiger partial charge in [0, 0.05) is 50.2 Å². The quantitative estimate of drug-likeness (QED) is 0.884. The van der Waals surface area contributed by atoms with E-state index in [4.69, 9.17) is 4.74 Å². The molecule has 136 valence electrons. The van der Waals surface area contributed by atoms with Crippen LogP contribution in [0.2, 0.25) is 0 Å². The van der Waals surface area contributed by atoms with Crippen molar-refractivity contribution >= 4 is 11.8 Å². The van der Waals surface area contributed by atoms with Crippen LogP contribution < -0.4 is 10.1 Å². The van der Waals surface area contributed by atoms with Gasteiger partial charge in [-0.2, -0.15) is 0 Å². The number of amides is 2. The van der Waals surface area contributed by atoms with Gasteiger partial charge in [-0.3, -0.25) is 9.59 Å². The summed E-state index contributed by atoms with van der Waals surface area (Å²) in [6, 6.07) is 13.5. The van der Waals surface area contributed by atoms with Gasteiger partial charge in [0.25, 0.3) is 11.8 Å². The first-order valence-corrected chi connectivity index (χ1v) is 8.64. The molecule has 6 heteroatoms. The van der Waals surface area contributed by atoms with Gasteiger partial charge in [0.1, 0.15) is 17.6 Å². The molecule has 1 fully saturated rings. The van der Waals surface area contributed by atoms with Crippen LogP contribution in [0.3, 0.4) is 0 Å². The maximum Gasteiger partial charge on any atom is 0.253 e. The van der Waals surface area contributed by atoms with Crippen LogP contribution in [0.25, 0.3) is 0 Å². The highest BCUT2D eigenvalue weighted by Crippen LogP contribution is 2.23. The summed E-state index contributed by atoms with van der Waals surface area (Å²) < 4.78 is 5.88. The number of aromatic hydroxyl groups is 1. The molecular weight excluding hydrogens is 332 g/mol. The second-order valence-electron chi connectivity index (χ2n) is 6.27. The van der Waals surface area contributed by atoms with Gasteiger partial charge in [-0.15, -0.1) is 0 Å². The van der Waals surface area contributed by atoms with E-state index in [0.717, 1.165) is 12.8 Å². The monoisotopic (exact) mass is 354 g/mol. The minimum Gasteiger partial charge on any atom is -0.508 e. The van der Waals surface area contributed by atoms with Gasteiger partial charge in [-0.1, -0.05) is 12.1 Å². The van der Waals surface area contributed by atoms with Crippen LogP contribution in [-0.2, 0) is 0 Å². The summed E-state index contributed by atoms with van der Waals surface area (Å²) in [4.78, 5) is 26.2. The summed E-state index contributed by atoms with van der Waals surface area (Å²) in [5.74, 6) is 0.517. The van der Waals surface area contributed by atoms with Crippen LogP contribution >= 0.6 is 0 Å². The third-order valence-corrected chi connectivity index (χ3v) is 4.45. The Hall–Kier alpha value is -3.02. The van der Waals surface area contributed by atoms with Crippen LogP contribution in [0.5, 0.6) is 11.5 Å². The Balaban J connectivity index is 1.59. The van der Waals surface area contributed by atoms with E-state index < -0.39 is 0 Å². The van der Waals surface area contributed by atoms with Crippen LogP contribution in [0, 0.1) is 0 Å². The fraction of sp³-hybridized carbons (Fsp3) is 0.300. The average Bonchev–Trinajstić information content (AvgIpc) is 2.67. The van der Waals surface area contributed by atoms with Crippen molar-refractivity contribution in [2.24, 2.45) is 0 Å². The van der Waals surface area contributed by atoms with Gasteiger partial charge in [-0.25, -0.2) is 0 Å². The van der Waals surface area contributed by atoms with Gasteiger partial charge in [0.15, 0.2) is 0 Å². The molecule has 6 nitrogen and oxygen atoms in total. The number of ether oxygens (including phenoxy) is 1. The molecule has 0 bridgehead atoms. The molecule has 3 rings (SSSR count). The Morgan fingerprint density at radius 3 is 2.46 bits per heavy atom. The molecule has 2 N–H and O–H groups in total. The van der Waals surface area contributed by atoms with Crippen molar-refractivity contribution < 1.29 is 19.4 Å². The highest BCUT2D eigenvalue weighted by atomic mass is 16.5. The highest BCUT2D eigenvalue weighted by molar-refractivity contribution is 5.99. The normalized spacial score (nSPS) is 14.7. The molecule has 0 radical (unpaired) electrons. The van der Waals surface area contributed by atoms with E-state index in [9.17, 15) is 14.7 Å². The number of hydrogen-bond acceptors (Lipinski definition) is 4. The lowest BCUT2D eigenvalue weighted by Crippen LogP contribution is -2.41. The van der Waals surface area contributed by atoms with Gasteiger partial charge >= 0.3 is 0 Å². The topological polar surface area (TPSA) is 78.9 Å². The number of carbonyl (C=O) groups excluding carboxylic acids is 2. The predicted molar refractivity (Wildman–Crippen MR) is 97.5 cm³/mol. The summed E-state index contributed by atoms with van der Waals surface area (Å²) in [6.45, 7) is 1.18. The number of rotatable bonds is 4. The number of nitrogens with one attached hydrogen (secondary N) is 1. The zero-order chi connectivity index (χ0) is 18.5. The summed E-state index contributed by atoms with van der Waals surface area (Å²) in [6.07, 6.45) is 1.45. The van der Waals surface area contributed by atoms with E-state index in [1.165, 1.54) is 0 Å². The molecule has 0 spiro atoms. The van der Waals surface area contributed by atoms with E-state index in [0.29, 0.717) is 30.0 Å². The van der Waals surface area contributed by atoms with Crippen molar-refractivity contribution in [2.45, 2.75) is 18.9 Å². The van der Waals surface area contributed by atoms with Gasteiger partial charge < -0.3 is 20.1 Å². The van der Waals surface area contributed by atoms with Crippen LogP contribution in [0.15, 0.2) is 48.5 Å². The number of phenols is 1. The first kappa shape index (κ1) is 17.8. The fourth-order valence-corrected chi connectivity index (χ4v) is 3.05. The number of carbonyl (C=O) groups is 2. The third-order valence-electron chi connectivity index (χ3n) is 4.45. The van der Waals surface area contributed by atoms with Crippen molar-refractivity contribution in [1.29, 1.82) is 0 Å². The van der Waals surface area contributed by atoms with Crippen LogP contribution in [0.1, 0.15) is 33.6 Å². The molecular formula is C20H22N2O4. The molecule has 1 heterocycles. The lowest BCUT2D eigenvalue weighted by atomic mass is 10.0. The van der Waals surface area contributed by atoms with Crippen LogP contribution in [-0.4, -0.2) is 48.1 Å². The van der Waals surface area contributed by atoms with E-state index in [1.807, 2.05) is 6.07 Å². The van der Waals surface area contributed by atoms with E-state index in [2.05, 4.69) is 5.32 Å². The maximum atomic E-state index is 12.7. The Morgan fingerprint density at radius 1 is 1.08 bits per heavy atom. The number of piperidine rings is 1. The smallest absolute Gasteiger partial charge is 0.253 e. The summed E-state index contributed by atoms with van der Waals surface area (Å²) in [7, 11) is 1.56. The molecule has 1 aliphatic heterocycles. The SMILES string of the molecule is CNC(=O)c1cccc(C(=O)N2CCC(Oc3cccc(O)c3)CC2)c1. The second kappa shape index (κ2) is 7.91. The number of benzene rings is 2. The van der Waals surface area contributed by atoms with E-state index in [1.54, 1.807) is 54.4 Å². The zero-order valence-corrected chi connectivity index (χ0v) is 14.6. The minimum atomic E-state index is -0.210. The Morgan fingerprint density at radius 2 is 1.77 bits per heavy atom. The van der Waals surface area contributed by atoms with Gasteiger partial charge in [-0.05, 0) is 30.3 Å². The fourth-order valence-electron chi connectivity index (χ4n) is 3.05. The summed E-state index contributed by atoms with van der Waals surface area (Å²) in [5, 5.41) is 12.1. The standard InChI is InChI=1S/C20H22N2O4/c1-21-19(24)14-4-2-5-15(12-14)20(25)22-10-8-17(9-11-22)26-18-7-3-6-16(23)13-18/h2-7,12-13,17,23H,8-11H2,1H3,(H,21,24). The molecule has 0 atom stereocenters. The molecule has 1 aliphatic rings. The number of likely N-dealkylation sites (tertiary alicyclic amines) is 1. The van der Waals surface area contributed by atoms with E-state index >= 15 is 0 Å². The number of hydrogen-bond donors (Lipinski definition) is 2. The lowest BCUT2D eigenvalue weighted by molar-refractivity contribution is 0.0595. The van der Waals surface area contributed by atoms with Crippen LogP contribution in [0.4, 0.5) is 0 Å². The van der Waals surface area contributed by atoms with Crippen molar-refractivity contribution in [3.8, 4) is 11.5 Å². The Kier molecular flexibility index (Phi) is 5.41. The molecule has 2 aromatic carbocycles. The molecule has 0 aromatic heterocycles. The van der Waals surface area contributed by atoms with Crippen molar-refractivity contribution in [1.82, 2.24) is 10.2 Å². The van der Waals surface area contributed by atoms with Crippen molar-refractivity contribution in [3.05, 3.63) is 59.7 Å². The molecule has 0 unspecified atom stereocenters. The third kappa shape index (κ3) is 4.14. The first-order valence-electron chi connectivity index (χ1n) is 8.64. The first-order chi connectivity index (χ1) is 12.6. The molecule has 1 saturated heterocycles. The van der Waals surface area contributed by atoms with Gasteiger partial charge in [0.2, 0.25) is 0 Å². The average molecular weight is 354 g/mol. The van der Waals surface area contributed by atoms with Crippen molar-refractivity contribution in [3.63, 3.8) is 0 Å². The lowest BCUT2D eigenvalue weighted by Gasteiger charge is -2.32. The largest absolute Gasteiger partial charge is 0.508 e. The minimum absolute atomic E-state index is 0.0121. The number of nitrogens with zero attached hydrogens (tertiary/aromatic N) is 1. The summed E-state index contributed by atoms with van der Waals surface area (Å²) in [5.41, 5.74) is 0.985. The molecule has 0 aliphatic carbocycles. The maximum absolute atomic E-state index is 12.7. The Bertz CT molecular complexity index is 798. The van der Waals surface area contributed by atoms with E-state index in [-0.39, 0.29) is 23.7 Å². The predicted octanol–water partition coefficient (Wildman–Crippen LogP) is 2.44. The highest BCUT2D eigenvalue weighted by Gasteiger charge is 2.25. The second-order valence-corrected chi connectivity index (χ2v) is 6.27. The van der Waals surface area contributed by atoms with Gasteiger partial charge in [0.05, 0.1) is 0 Å². The molecule has 26 heavy (non-hydrogen) atoms. The molecule has 2 aromatic rings. The van der Waals surface area contributed by atoms with Crippen molar-refractivity contribution in [2.75, 3.05) is 20.1 Å². The molecule has 0 saturated carbocycles.